The van der Waals surface area contributed by atoms with Gasteiger partial charge in [0.2, 0.25) is 11.9 Å². The van der Waals surface area contributed by atoms with Crippen LogP contribution in [0.25, 0.3) is 0 Å². The Morgan fingerprint density at radius 3 is 0.788 bits per heavy atom. The Hall–Kier alpha value is -5.20. The molecule has 2 aromatic carbocycles. The average Bonchev–Trinajstić information content (AvgIpc) is 3.97. The first-order valence-electron chi connectivity index (χ1n) is 13.8. The van der Waals surface area contributed by atoms with E-state index >= 15 is 0 Å². The number of carbonyl (C=O) groups is 8. The van der Waals surface area contributed by atoms with Crippen LogP contribution in [0.2, 0.25) is 0 Å². The molecule has 0 saturated carbocycles. The van der Waals surface area contributed by atoms with Gasteiger partial charge in [0.25, 0.3) is 23.9 Å². The summed E-state index contributed by atoms with van der Waals surface area (Å²) in [6, 6.07) is 20.0. The van der Waals surface area contributed by atoms with Crippen LogP contribution in [0.5, 0.6) is 0 Å². The van der Waals surface area contributed by atoms with Crippen molar-refractivity contribution < 1.29 is 109 Å². The Kier molecular flexibility index (Phi) is 26.8. The molecule has 0 radical (unpaired) electrons. The van der Waals surface area contributed by atoms with Crippen LogP contribution < -0.4 is 0 Å². The Morgan fingerprint density at radius 2 is 0.615 bits per heavy atom. The number of ether oxygens (including phenoxy) is 8. The van der Waals surface area contributed by atoms with Crippen molar-refractivity contribution in [1.82, 2.24) is 0 Å². The molecule has 0 aliphatic carbocycles. The Balaban J connectivity index is 0. The molecule has 18 heteroatoms. The average molecular weight is 891 g/mol. The molecule has 2 rings (SSSR count). The molecule has 0 saturated heterocycles. The number of methoxy groups -OCH3 is 8. The van der Waals surface area contributed by atoms with Crippen molar-refractivity contribution in [2.24, 2.45) is 0 Å². The fraction of sp³-hybridized carbons (Fsp3) is 0.235. The zero-order chi connectivity index (χ0) is 40.2. The van der Waals surface area contributed by atoms with Gasteiger partial charge in [0.05, 0.1) is 56.9 Å². The summed E-state index contributed by atoms with van der Waals surface area (Å²) in [4.78, 5) is 101. The second-order valence-corrected chi connectivity index (χ2v) is 8.36. The quantitative estimate of drug-likeness (QED) is 0.0776. The second kappa shape index (κ2) is 28.5. The molecular weight excluding hydrogens is 856 g/mol. The van der Waals surface area contributed by atoms with Crippen molar-refractivity contribution in [3.05, 3.63) is 106 Å². The topological polar surface area (TPSA) is 210 Å². The van der Waals surface area contributed by atoms with Gasteiger partial charge in [-0.25, -0.2) is 33.9 Å². The van der Waals surface area contributed by atoms with Gasteiger partial charge in [-0.3, -0.25) is 19.2 Å². The molecular formula is C34H34Mo2O16-4. The Labute approximate surface area is 318 Å². The van der Waals surface area contributed by atoms with Crippen LogP contribution in [-0.4, -0.2) is 105 Å². The van der Waals surface area contributed by atoms with Gasteiger partial charge in [0, 0.05) is 11.1 Å². The van der Waals surface area contributed by atoms with Crippen LogP contribution in [0, 0.1) is 12.2 Å². The van der Waals surface area contributed by atoms with Crippen LogP contribution in [0.15, 0.2) is 94.1 Å². The third-order valence-electron chi connectivity index (χ3n) is 5.52. The maximum atomic E-state index is 13.1. The van der Waals surface area contributed by atoms with E-state index in [9.17, 15) is 38.4 Å². The molecule has 0 aliphatic heterocycles. The minimum Gasteiger partial charge on any atom is -0.214 e. The molecule has 0 unspecified atom stereocenters. The van der Waals surface area contributed by atoms with Crippen molar-refractivity contribution >= 4 is 47.8 Å². The summed E-state index contributed by atoms with van der Waals surface area (Å²) >= 11 is 3.92. The van der Waals surface area contributed by atoms with Gasteiger partial charge in [-0.15, -0.1) is 0 Å². The minimum atomic E-state index is -1.64. The van der Waals surface area contributed by atoms with Crippen molar-refractivity contribution in [2.75, 3.05) is 56.9 Å². The van der Waals surface area contributed by atoms with Crippen LogP contribution >= 0.6 is 0 Å². The Bertz CT molecular complexity index is 1470. The van der Waals surface area contributed by atoms with Gasteiger partial charge in [-0.1, -0.05) is 23.3 Å². The first-order chi connectivity index (χ1) is 24.8. The standard InChI is InChI=1S/C24H24O16.2C5H5.2Mo/c1-33-13(25)9-11(19(27)35-3)15(21(29)37-5)17(23(31)39-7)18(24(32)40-8)16(22(30)38-6)12(20(28)36-4)10-14(26)34-2;2*1-2-4-5-3-1;;/h1-8H3;2*1-5H;;/q-2;2*-1;;. The number of rotatable bonds is 11. The summed E-state index contributed by atoms with van der Waals surface area (Å²) in [5.74, 6) is -12.2. The fourth-order valence-electron chi connectivity index (χ4n) is 3.31. The van der Waals surface area contributed by atoms with Gasteiger partial charge in [0.1, 0.15) is 0 Å². The summed E-state index contributed by atoms with van der Waals surface area (Å²) < 4.78 is 36.4. The maximum Gasteiger partial charge on any atom is -0.172 e. The van der Waals surface area contributed by atoms with E-state index in [0.29, 0.717) is 0 Å². The Morgan fingerprint density at radius 1 is 0.385 bits per heavy atom. The SMILES string of the molecule is COC(=O)[C-]=C(C(=O)OC)C(C(=O)OC)=C(C(=O)OC)C(C(=O)OC)=C(C(=O)OC)C(=[C-]C(=O)OC)C(=O)OC.[Mo]=[Mo].c1cc[cH-]c1.c1cc[cH-]c1. The van der Waals surface area contributed by atoms with E-state index in [-0.39, 0.29) is 0 Å². The smallest absolute Gasteiger partial charge is 0.172 e. The normalized spacial score (nSPS) is 11.2. The van der Waals surface area contributed by atoms with E-state index in [4.69, 9.17) is 0 Å². The first kappa shape index (κ1) is 48.9. The number of esters is 8. The third kappa shape index (κ3) is 16.2. The predicted octanol–water partition coefficient (Wildman–Crippen LogP) is 1.23. The fourth-order valence-corrected chi connectivity index (χ4v) is 3.31. The largest absolute Gasteiger partial charge is 0.214 e. The number of hydrogen-bond acceptors (Lipinski definition) is 16. The van der Waals surface area contributed by atoms with Gasteiger partial charge in [-0.05, 0) is 11.1 Å². The molecule has 0 bridgehead atoms. The van der Waals surface area contributed by atoms with Crippen LogP contribution in [0.4, 0.5) is 0 Å². The van der Waals surface area contributed by atoms with Gasteiger partial charge in [-0.2, -0.15) is 36.4 Å². The molecule has 0 aromatic heterocycles. The molecule has 282 valence electrons. The van der Waals surface area contributed by atoms with E-state index in [1.54, 1.807) is 0 Å². The van der Waals surface area contributed by atoms with Crippen molar-refractivity contribution in [2.45, 2.75) is 0 Å². The number of carbonyl (C=O) groups excluding carboxylic acids is 8. The van der Waals surface area contributed by atoms with E-state index in [1.807, 2.05) is 105 Å². The van der Waals surface area contributed by atoms with Crippen LogP contribution in [0.1, 0.15) is 0 Å². The second-order valence-electron chi connectivity index (χ2n) is 8.36. The van der Waals surface area contributed by atoms with Crippen molar-refractivity contribution in [1.29, 1.82) is 0 Å². The first-order valence-corrected chi connectivity index (χ1v) is 19.4. The maximum absolute atomic E-state index is 13.1. The zero-order valence-electron chi connectivity index (χ0n) is 29.1. The van der Waals surface area contributed by atoms with E-state index in [0.717, 1.165) is 56.9 Å². The molecule has 0 N–H and O–H groups in total. The van der Waals surface area contributed by atoms with Crippen LogP contribution in [-0.2, 0) is 109 Å². The molecule has 52 heavy (non-hydrogen) atoms. The summed E-state index contributed by atoms with van der Waals surface area (Å²) in [6.45, 7) is 0. The zero-order valence-corrected chi connectivity index (χ0v) is 33.1. The molecule has 0 spiro atoms. The van der Waals surface area contributed by atoms with E-state index in [2.05, 4.69) is 37.9 Å². The van der Waals surface area contributed by atoms with Gasteiger partial charge < -0.3 is 47.5 Å². The van der Waals surface area contributed by atoms with Gasteiger partial charge in [0.15, 0.2) is 0 Å². The van der Waals surface area contributed by atoms with E-state index in [1.165, 1.54) is 0 Å². The molecule has 0 aliphatic rings. The summed E-state index contributed by atoms with van der Waals surface area (Å²) in [6.07, 6.45) is 3.65. The summed E-state index contributed by atoms with van der Waals surface area (Å²) in [5.41, 5.74) is -7.45. The van der Waals surface area contributed by atoms with Gasteiger partial charge >= 0.3 is 44.4 Å². The van der Waals surface area contributed by atoms with Crippen molar-refractivity contribution in [3.8, 4) is 0 Å². The third-order valence-corrected chi connectivity index (χ3v) is 5.52. The molecule has 0 atom stereocenters. The minimum absolute atomic E-state index is 0.757. The summed E-state index contributed by atoms with van der Waals surface area (Å²) in [7, 11) is 6.44. The van der Waals surface area contributed by atoms with Crippen molar-refractivity contribution in [3.63, 3.8) is 0 Å². The predicted molar refractivity (Wildman–Crippen MR) is 168 cm³/mol. The monoisotopic (exact) mass is 894 g/mol. The molecule has 2 aromatic rings. The number of hydrogen-bond donors (Lipinski definition) is 0. The molecule has 16 nitrogen and oxygen atoms in total. The summed E-state index contributed by atoms with van der Waals surface area (Å²) in [5, 5.41) is 0. The molecule has 0 fully saturated rings. The molecule has 0 heterocycles. The van der Waals surface area contributed by atoms with E-state index < -0.39 is 81.2 Å². The molecule has 0 amide bonds. The van der Waals surface area contributed by atoms with Crippen LogP contribution in [0.3, 0.4) is 0 Å².